The Balaban J connectivity index is 2.85. The fourth-order valence-corrected chi connectivity index (χ4v) is 2.26. The highest BCUT2D eigenvalue weighted by atomic mass is 16.4. The molecule has 0 aromatic heterocycles. The highest BCUT2D eigenvalue weighted by molar-refractivity contribution is 5.69. The number of carbonyl (C=O) groups is 1. The van der Waals surface area contributed by atoms with E-state index >= 15 is 0 Å². The molecule has 0 saturated carbocycles. The van der Waals surface area contributed by atoms with E-state index in [-0.39, 0.29) is 18.4 Å². The lowest BCUT2D eigenvalue weighted by Crippen LogP contribution is -2.07. The molecule has 2 N–H and O–H groups in total. The summed E-state index contributed by atoms with van der Waals surface area (Å²) in [6.45, 7) is 2.91. The molecule has 0 radical (unpaired) electrons. The summed E-state index contributed by atoms with van der Waals surface area (Å²) >= 11 is 0. The first-order valence-electron chi connectivity index (χ1n) is 7.55. The van der Waals surface area contributed by atoms with Gasteiger partial charge in [0.05, 0.1) is 16.8 Å². The van der Waals surface area contributed by atoms with Gasteiger partial charge in [-0.25, -0.2) is 0 Å². The van der Waals surface area contributed by atoms with E-state index in [1.165, 1.54) is 12.8 Å². The molecule has 22 heavy (non-hydrogen) atoms. The molecule has 5 heteroatoms. The minimum absolute atomic E-state index is 0.0522. The van der Waals surface area contributed by atoms with Crippen LogP contribution in [-0.2, 0) is 11.2 Å². The Morgan fingerprint density at radius 3 is 2.50 bits per heavy atom. The maximum atomic E-state index is 10.7. The summed E-state index contributed by atoms with van der Waals surface area (Å²) in [7, 11) is 0. The van der Waals surface area contributed by atoms with Crippen LogP contribution in [0.4, 0.5) is 5.69 Å². The van der Waals surface area contributed by atoms with Gasteiger partial charge in [-0.05, 0) is 24.5 Å². The summed E-state index contributed by atoms with van der Waals surface area (Å²) in [6, 6.07) is 7.59. The summed E-state index contributed by atoms with van der Waals surface area (Å²) in [4.78, 5) is 10.7. The van der Waals surface area contributed by atoms with Crippen LogP contribution in [0.25, 0.3) is 0 Å². The minimum Gasteiger partial charge on any atom is -0.481 e. The lowest BCUT2D eigenvalue weighted by Gasteiger charge is -2.12. The number of nitriles is 2. The van der Waals surface area contributed by atoms with E-state index in [2.05, 4.69) is 18.3 Å². The van der Waals surface area contributed by atoms with Gasteiger partial charge in [-0.1, -0.05) is 32.3 Å². The number of hydrogen-bond acceptors (Lipinski definition) is 4. The molecule has 0 aliphatic carbocycles. The summed E-state index contributed by atoms with van der Waals surface area (Å²) in [5.41, 5.74) is 1.84. The van der Waals surface area contributed by atoms with Crippen LogP contribution in [0.2, 0.25) is 0 Å². The van der Waals surface area contributed by atoms with Gasteiger partial charge >= 0.3 is 5.97 Å². The number of aliphatic carboxylic acids is 1. The smallest absolute Gasteiger partial charge is 0.303 e. The zero-order chi connectivity index (χ0) is 16.4. The van der Waals surface area contributed by atoms with E-state index in [1.807, 2.05) is 6.07 Å². The molecular formula is C17H21N3O2. The first-order chi connectivity index (χ1) is 10.6. The molecular weight excluding hydrogens is 278 g/mol. The SMILES string of the molecule is CCCCCCNc1ccc(CCC(=O)O)c(C#N)c1C#N. The second kappa shape index (κ2) is 9.41. The monoisotopic (exact) mass is 299 g/mol. The Bertz CT molecular complexity index is 597. The second-order valence-corrected chi connectivity index (χ2v) is 5.13. The molecule has 0 aliphatic heterocycles. The Kier molecular flexibility index (Phi) is 7.50. The van der Waals surface area contributed by atoms with E-state index in [0.717, 1.165) is 19.4 Å². The highest BCUT2D eigenvalue weighted by Gasteiger charge is 2.13. The Morgan fingerprint density at radius 2 is 1.91 bits per heavy atom. The largest absolute Gasteiger partial charge is 0.481 e. The second-order valence-electron chi connectivity index (χ2n) is 5.13. The van der Waals surface area contributed by atoms with Crippen molar-refractivity contribution in [3.63, 3.8) is 0 Å². The first kappa shape index (κ1) is 17.5. The van der Waals surface area contributed by atoms with Gasteiger partial charge in [-0.3, -0.25) is 4.79 Å². The maximum Gasteiger partial charge on any atom is 0.303 e. The van der Waals surface area contributed by atoms with E-state index in [4.69, 9.17) is 5.11 Å². The van der Waals surface area contributed by atoms with Crippen molar-refractivity contribution in [2.45, 2.75) is 45.4 Å². The topological polar surface area (TPSA) is 96.9 Å². The van der Waals surface area contributed by atoms with Crippen molar-refractivity contribution in [3.8, 4) is 12.1 Å². The molecule has 0 atom stereocenters. The molecule has 1 aromatic carbocycles. The lowest BCUT2D eigenvalue weighted by atomic mass is 9.97. The van der Waals surface area contributed by atoms with Crippen molar-refractivity contribution in [1.82, 2.24) is 0 Å². The number of rotatable bonds is 9. The van der Waals surface area contributed by atoms with E-state index in [0.29, 0.717) is 16.8 Å². The average molecular weight is 299 g/mol. The molecule has 0 bridgehead atoms. The predicted molar refractivity (Wildman–Crippen MR) is 84.5 cm³/mol. The van der Waals surface area contributed by atoms with Crippen molar-refractivity contribution < 1.29 is 9.90 Å². The number of carboxylic acids is 1. The predicted octanol–water partition coefficient (Wildman–Crippen LogP) is 3.44. The molecule has 0 amide bonds. The normalized spacial score (nSPS) is 9.77. The van der Waals surface area contributed by atoms with Gasteiger partial charge in [-0.15, -0.1) is 0 Å². The minimum atomic E-state index is -0.916. The van der Waals surface area contributed by atoms with Crippen molar-refractivity contribution in [2.75, 3.05) is 11.9 Å². The van der Waals surface area contributed by atoms with E-state index in [1.54, 1.807) is 12.1 Å². The fourth-order valence-electron chi connectivity index (χ4n) is 2.26. The molecule has 0 unspecified atom stereocenters. The summed E-state index contributed by atoms with van der Waals surface area (Å²) in [6.07, 6.45) is 4.70. The van der Waals surface area contributed by atoms with Crippen LogP contribution < -0.4 is 5.32 Å². The zero-order valence-electron chi connectivity index (χ0n) is 12.9. The van der Waals surface area contributed by atoms with Crippen LogP contribution in [0.1, 0.15) is 55.7 Å². The van der Waals surface area contributed by atoms with E-state index < -0.39 is 5.97 Å². The van der Waals surface area contributed by atoms with E-state index in [9.17, 15) is 15.3 Å². The molecule has 1 aromatic rings. The number of nitrogens with one attached hydrogen (secondary N) is 1. The molecule has 0 fully saturated rings. The lowest BCUT2D eigenvalue weighted by molar-refractivity contribution is -0.136. The van der Waals surface area contributed by atoms with Crippen molar-refractivity contribution in [1.29, 1.82) is 10.5 Å². The summed E-state index contributed by atoms with van der Waals surface area (Å²) in [5.74, 6) is -0.916. The number of hydrogen-bond donors (Lipinski definition) is 2. The molecule has 0 aliphatic rings. The molecule has 0 heterocycles. The Labute approximate surface area is 131 Å². The molecule has 0 saturated heterocycles. The third kappa shape index (κ3) is 5.10. The van der Waals surface area contributed by atoms with Gasteiger partial charge < -0.3 is 10.4 Å². The van der Waals surface area contributed by atoms with Crippen LogP contribution in [-0.4, -0.2) is 17.6 Å². The molecule has 5 nitrogen and oxygen atoms in total. The van der Waals surface area contributed by atoms with Gasteiger partial charge in [0.15, 0.2) is 0 Å². The van der Waals surface area contributed by atoms with Gasteiger partial charge in [0, 0.05) is 13.0 Å². The average Bonchev–Trinajstić information content (AvgIpc) is 2.52. The maximum absolute atomic E-state index is 10.7. The zero-order valence-corrected chi connectivity index (χ0v) is 12.9. The van der Waals surface area contributed by atoms with Crippen molar-refractivity contribution >= 4 is 11.7 Å². The fraction of sp³-hybridized carbons (Fsp3) is 0.471. The molecule has 116 valence electrons. The van der Waals surface area contributed by atoms with Crippen LogP contribution in [0, 0.1) is 22.7 Å². The Morgan fingerprint density at radius 1 is 1.18 bits per heavy atom. The number of unbranched alkanes of at least 4 members (excludes halogenated alkanes) is 3. The number of nitrogens with zero attached hydrogens (tertiary/aromatic N) is 2. The summed E-state index contributed by atoms with van der Waals surface area (Å²) in [5, 5.41) is 30.5. The third-order valence-corrected chi connectivity index (χ3v) is 3.47. The first-order valence-corrected chi connectivity index (χ1v) is 7.55. The third-order valence-electron chi connectivity index (χ3n) is 3.47. The molecule has 0 spiro atoms. The van der Waals surface area contributed by atoms with Crippen LogP contribution in [0.5, 0.6) is 0 Å². The van der Waals surface area contributed by atoms with Crippen molar-refractivity contribution in [2.24, 2.45) is 0 Å². The number of aryl methyl sites for hydroxylation is 1. The van der Waals surface area contributed by atoms with Crippen LogP contribution in [0.3, 0.4) is 0 Å². The van der Waals surface area contributed by atoms with Crippen molar-refractivity contribution in [3.05, 3.63) is 28.8 Å². The van der Waals surface area contributed by atoms with Crippen LogP contribution in [0.15, 0.2) is 12.1 Å². The number of benzene rings is 1. The van der Waals surface area contributed by atoms with Crippen LogP contribution >= 0.6 is 0 Å². The quantitative estimate of drug-likeness (QED) is 0.681. The van der Waals surface area contributed by atoms with Gasteiger partial charge in [0.25, 0.3) is 0 Å². The molecule has 1 rings (SSSR count). The Hall–Kier alpha value is -2.53. The number of carboxylic acid groups (broad SMARTS) is 1. The summed E-state index contributed by atoms with van der Waals surface area (Å²) < 4.78 is 0. The van der Waals surface area contributed by atoms with Gasteiger partial charge in [-0.2, -0.15) is 10.5 Å². The van der Waals surface area contributed by atoms with Gasteiger partial charge in [0.1, 0.15) is 12.1 Å². The van der Waals surface area contributed by atoms with Gasteiger partial charge in [0.2, 0.25) is 0 Å². The standard InChI is InChI=1S/C17H21N3O2/c1-2-3-4-5-10-20-16-8-6-13(7-9-17(21)22)14(11-18)15(16)12-19/h6,8,20H,2-5,7,9-10H2,1H3,(H,21,22). The number of anilines is 1. The highest BCUT2D eigenvalue weighted by Crippen LogP contribution is 2.23.